The van der Waals surface area contributed by atoms with Gasteiger partial charge in [0.2, 0.25) is 5.91 Å². The number of carbonyl (C=O) groups is 2. The van der Waals surface area contributed by atoms with Gasteiger partial charge in [0.15, 0.2) is 0 Å². The van der Waals surface area contributed by atoms with Crippen molar-refractivity contribution in [1.82, 2.24) is 4.98 Å². The van der Waals surface area contributed by atoms with E-state index in [2.05, 4.69) is 10.3 Å². The van der Waals surface area contributed by atoms with Crippen LogP contribution < -0.4 is 5.32 Å². The first-order valence-electron chi connectivity index (χ1n) is 6.67. The molecule has 0 saturated carbocycles. The highest BCUT2D eigenvalue weighted by molar-refractivity contribution is 6.01. The van der Waals surface area contributed by atoms with E-state index in [-0.39, 0.29) is 23.2 Å². The molecule has 0 aliphatic heterocycles. The van der Waals surface area contributed by atoms with E-state index in [1.807, 2.05) is 37.3 Å². The van der Waals surface area contributed by atoms with Gasteiger partial charge in [-0.3, -0.25) is 4.79 Å². The number of hydrogen-bond acceptors (Lipinski definition) is 3. The molecule has 5 nitrogen and oxygen atoms in total. The van der Waals surface area contributed by atoms with Crippen LogP contribution in [-0.2, 0) is 4.79 Å². The lowest BCUT2D eigenvalue weighted by Gasteiger charge is -2.15. The van der Waals surface area contributed by atoms with Crippen LogP contribution in [0, 0.1) is 0 Å². The largest absolute Gasteiger partial charge is 0.478 e. The van der Waals surface area contributed by atoms with Crippen molar-refractivity contribution in [2.24, 2.45) is 0 Å². The Kier molecular flexibility index (Phi) is 4.66. The van der Waals surface area contributed by atoms with Gasteiger partial charge in [-0.05, 0) is 24.1 Å². The third kappa shape index (κ3) is 3.45. The number of nitrogens with zero attached hydrogens (tertiary/aromatic N) is 1. The number of nitrogens with one attached hydrogen (secondary N) is 1. The second kappa shape index (κ2) is 6.65. The van der Waals surface area contributed by atoms with E-state index in [1.54, 1.807) is 0 Å². The van der Waals surface area contributed by atoms with Crippen LogP contribution in [0.3, 0.4) is 0 Å². The Morgan fingerprint density at radius 1 is 1.19 bits per heavy atom. The zero-order chi connectivity index (χ0) is 15.2. The number of anilines is 1. The number of carboxylic acids is 1. The number of aromatic carboxylic acids is 1. The summed E-state index contributed by atoms with van der Waals surface area (Å²) in [6, 6.07) is 12.3. The van der Waals surface area contributed by atoms with E-state index in [1.165, 1.54) is 18.3 Å². The van der Waals surface area contributed by atoms with Gasteiger partial charge in [0.25, 0.3) is 0 Å². The smallest absolute Gasteiger partial charge is 0.339 e. The Labute approximate surface area is 122 Å². The number of pyridine rings is 1. The van der Waals surface area contributed by atoms with Crippen molar-refractivity contribution >= 4 is 17.7 Å². The molecule has 0 fully saturated rings. The summed E-state index contributed by atoms with van der Waals surface area (Å²) in [5.41, 5.74) is 0.874. The maximum Gasteiger partial charge on any atom is 0.339 e. The second-order valence-electron chi connectivity index (χ2n) is 4.57. The van der Waals surface area contributed by atoms with E-state index in [4.69, 9.17) is 5.11 Å². The lowest BCUT2D eigenvalue weighted by atomic mass is 9.95. The van der Waals surface area contributed by atoms with Gasteiger partial charge in [0.1, 0.15) is 11.4 Å². The third-order valence-corrected chi connectivity index (χ3v) is 3.21. The maximum absolute atomic E-state index is 12.4. The average molecular weight is 284 g/mol. The summed E-state index contributed by atoms with van der Waals surface area (Å²) in [6.07, 6.45) is 2.07. The van der Waals surface area contributed by atoms with Crippen molar-refractivity contribution in [2.75, 3.05) is 5.32 Å². The number of amides is 1. The van der Waals surface area contributed by atoms with E-state index < -0.39 is 5.97 Å². The Bertz CT molecular complexity index is 641. The number of hydrogen-bond donors (Lipinski definition) is 2. The molecule has 0 bridgehead atoms. The van der Waals surface area contributed by atoms with Gasteiger partial charge in [-0.2, -0.15) is 0 Å². The van der Waals surface area contributed by atoms with Crippen LogP contribution >= 0.6 is 0 Å². The zero-order valence-corrected chi connectivity index (χ0v) is 11.6. The standard InChI is InChI=1S/C16H16N2O3/c1-2-12(11-7-4-3-5-8-11)15(19)18-14-13(16(20)21)9-6-10-17-14/h3-10,12H,2H2,1H3,(H,20,21)(H,17,18,19). The lowest BCUT2D eigenvalue weighted by molar-refractivity contribution is -0.117. The van der Waals surface area contributed by atoms with E-state index in [9.17, 15) is 9.59 Å². The minimum atomic E-state index is -1.12. The first kappa shape index (κ1) is 14.7. The van der Waals surface area contributed by atoms with Gasteiger partial charge in [0.05, 0.1) is 5.92 Å². The number of benzene rings is 1. The van der Waals surface area contributed by atoms with Gasteiger partial charge >= 0.3 is 5.97 Å². The fourth-order valence-corrected chi connectivity index (χ4v) is 2.14. The summed E-state index contributed by atoms with van der Waals surface area (Å²) in [7, 11) is 0. The SMILES string of the molecule is CCC(C(=O)Nc1ncccc1C(=O)O)c1ccccc1. The number of carboxylic acid groups (broad SMARTS) is 1. The molecule has 0 saturated heterocycles. The molecular weight excluding hydrogens is 268 g/mol. The summed E-state index contributed by atoms with van der Waals surface area (Å²) < 4.78 is 0. The molecule has 5 heteroatoms. The van der Waals surface area contributed by atoms with Crippen molar-refractivity contribution < 1.29 is 14.7 Å². The predicted molar refractivity (Wildman–Crippen MR) is 79.3 cm³/mol. The fraction of sp³-hybridized carbons (Fsp3) is 0.188. The number of carbonyl (C=O) groups excluding carboxylic acids is 1. The highest BCUT2D eigenvalue weighted by Gasteiger charge is 2.21. The molecule has 1 aromatic heterocycles. The Hall–Kier alpha value is -2.69. The maximum atomic E-state index is 12.4. The minimum Gasteiger partial charge on any atom is -0.478 e. The molecular formula is C16H16N2O3. The van der Waals surface area contributed by atoms with Crippen molar-refractivity contribution in [2.45, 2.75) is 19.3 Å². The zero-order valence-electron chi connectivity index (χ0n) is 11.6. The monoisotopic (exact) mass is 284 g/mol. The van der Waals surface area contributed by atoms with Crippen LogP contribution in [0.25, 0.3) is 0 Å². The van der Waals surface area contributed by atoms with Crippen LogP contribution in [0.5, 0.6) is 0 Å². The van der Waals surface area contributed by atoms with Crippen molar-refractivity contribution in [3.63, 3.8) is 0 Å². The van der Waals surface area contributed by atoms with Crippen LogP contribution in [0.2, 0.25) is 0 Å². The number of rotatable bonds is 5. The minimum absolute atomic E-state index is 0.0197. The molecule has 2 rings (SSSR count). The molecule has 0 spiro atoms. The van der Waals surface area contributed by atoms with Crippen molar-refractivity contribution in [3.05, 3.63) is 59.8 Å². The molecule has 2 aromatic rings. The molecule has 1 atom stereocenters. The van der Waals surface area contributed by atoms with Crippen LogP contribution in [0.15, 0.2) is 48.7 Å². The van der Waals surface area contributed by atoms with Crippen LogP contribution in [0.4, 0.5) is 5.82 Å². The molecule has 1 unspecified atom stereocenters. The third-order valence-electron chi connectivity index (χ3n) is 3.21. The molecule has 1 amide bonds. The van der Waals surface area contributed by atoms with Gasteiger partial charge in [-0.1, -0.05) is 37.3 Å². The summed E-state index contributed by atoms with van der Waals surface area (Å²) >= 11 is 0. The van der Waals surface area contributed by atoms with E-state index >= 15 is 0 Å². The summed E-state index contributed by atoms with van der Waals surface area (Å²) in [5, 5.41) is 11.7. The van der Waals surface area contributed by atoms with Crippen LogP contribution in [0.1, 0.15) is 35.2 Å². The lowest BCUT2D eigenvalue weighted by Crippen LogP contribution is -2.22. The average Bonchev–Trinajstić information content (AvgIpc) is 2.49. The Balaban J connectivity index is 2.23. The Morgan fingerprint density at radius 3 is 2.52 bits per heavy atom. The molecule has 2 N–H and O–H groups in total. The molecule has 1 heterocycles. The van der Waals surface area contributed by atoms with E-state index in [0.717, 1.165) is 5.56 Å². The van der Waals surface area contributed by atoms with Crippen LogP contribution in [-0.4, -0.2) is 22.0 Å². The molecule has 1 aromatic carbocycles. The van der Waals surface area contributed by atoms with Gasteiger partial charge < -0.3 is 10.4 Å². The normalized spacial score (nSPS) is 11.7. The fourth-order valence-electron chi connectivity index (χ4n) is 2.14. The quantitative estimate of drug-likeness (QED) is 0.884. The first-order valence-corrected chi connectivity index (χ1v) is 6.67. The molecule has 21 heavy (non-hydrogen) atoms. The first-order chi connectivity index (χ1) is 10.1. The highest BCUT2D eigenvalue weighted by Crippen LogP contribution is 2.22. The summed E-state index contributed by atoms with van der Waals surface area (Å²) in [4.78, 5) is 27.4. The van der Waals surface area contributed by atoms with E-state index in [0.29, 0.717) is 6.42 Å². The molecule has 0 radical (unpaired) electrons. The topological polar surface area (TPSA) is 79.3 Å². The number of aromatic nitrogens is 1. The summed E-state index contributed by atoms with van der Waals surface area (Å²) in [6.45, 7) is 1.91. The van der Waals surface area contributed by atoms with Gasteiger partial charge in [0, 0.05) is 6.20 Å². The highest BCUT2D eigenvalue weighted by atomic mass is 16.4. The second-order valence-corrected chi connectivity index (χ2v) is 4.57. The predicted octanol–water partition coefficient (Wildman–Crippen LogP) is 2.91. The molecule has 0 aliphatic carbocycles. The van der Waals surface area contributed by atoms with Gasteiger partial charge in [-0.25, -0.2) is 9.78 Å². The summed E-state index contributed by atoms with van der Waals surface area (Å²) in [5.74, 6) is -1.64. The Morgan fingerprint density at radius 2 is 1.90 bits per heavy atom. The van der Waals surface area contributed by atoms with Gasteiger partial charge in [-0.15, -0.1) is 0 Å². The molecule has 108 valence electrons. The molecule has 0 aliphatic rings. The van der Waals surface area contributed by atoms with Crippen molar-refractivity contribution in [1.29, 1.82) is 0 Å². The van der Waals surface area contributed by atoms with Crippen molar-refractivity contribution in [3.8, 4) is 0 Å².